The molecule has 3 atom stereocenters. The number of hydrogen-bond acceptors (Lipinski definition) is 4. The molecule has 0 amide bonds. The number of nitrogens with zero attached hydrogens (tertiary/aromatic N) is 1. The molecule has 1 saturated heterocycles. The summed E-state index contributed by atoms with van der Waals surface area (Å²) in [7, 11) is 0. The van der Waals surface area contributed by atoms with Crippen LogP contribution in [0.5, 0.6) is 0 Å². The van der Waals surface area contributed by atoms with Gasteiger partial charge in [0.2, 0.25) is 0 Å². The number of nitrogens with one attached hydrogen (secondary N) is 1. The average molecular weight is 311 g/mol. The zero-order valence-electron chi connectivity index (χ0n) is 12.1. The number of ether oxygens (including phenoxy) is 1. The van der Waals surface area contributed by atoms with Crippen LogP contribution in [0.2, 0.25) is 5.02 Å². The second-order valence-electron chi connectivity index (χ2n) is 6.46. The fraction of sp³-hybridized carbons (Fsp3) is 0.600. The van der Waals surface area contributed by atoms with Gasteiger partial charge in [-0.1, -0.05) is 25.4 Å². The van der Waals surface area contributed by atoms with Gasteiger partial charge in [-0.3, -0.25) is 10.1 Å². The third kappa shape index (κ3) is 2.38. The summed E-state index contributed by atoms with van der Waals surface area (Å²) < 4.78 is 5.88. The van der Waals surface area contributed by atoms with Gasteiger partial charge >= 0.3 is 0 Å². The SMILES string of the molecule is CC1(C)C(Nc2ccc([N+](=O)[O-])c(Cl)c2)C2CCCOC21. The van der Waals surface area contributed by atoms with Crippen molar-refractivity contribution in [2.24, 2.45) is 11.3 Å². The van der Waals surface area contributed by atoms with Gasteiger partial charge in [-0.15, -0.1) is 0 Å². The van der Waals surface area contributed by atoms with Crippen LogP contribution < -0.4 is 5.32 Å². The minimum Gasteiger partial charge on any atom is -0.381 e. The van der Waals surface area contributed by atoms with E-state index in [2.05, 4.69) is 19.2 Å². The van der Waals surface area contributed by atoms with Crippen LogP contribution in [-0.4, -0.2) is 23.7 Å². The second-order valence-corrected chi connectivity index (χ2v) is 6.87. The van der Waals surface area contributed by atoms with E-state index >= 15 is 0 Å². The Balaban J connectivity index is 1.77. The number of fused-ring (bicyclic) bond motifs is 1. The van der Waals surface area contributed by atoms with E-state index in [9.17, 15) is 10.1 Å². The Morgan fingerprint density at radius 3 is 2.90 bits per heavy atom. The second kappa shape index (κ2) is 5.14. The van der Waals surface area contributed by atoms with Crippen LogP contribution in [0.15, 0.2) is 18.2 Å². The minimum absolute atomic E-state index is 0.0549. The van der Waals surface area contributed by atoms with Crippen molar-refractivity contribution in [2.45, 2.75) is 38.8 Å². The average Bonchev–Trinajstić information content (AvgIpc) is 2.44. The van der Waals surface area contributed by atoms with Crippen LogP contribution in [0.25, 0.3) is 0 Å². The first-order chi connectivity index (χ1) is 9.91. The maximum absolute atomic E-state index is 10.8. The van der Waals surface area contributed by atoms with E-state index in [0.717, 1.165) is 25.1 Å². The number of benzene rings is 1. The van der Waals surface area contributed by atoms with Crippen LogP contribution in [0.4, 0.5) is 11.4 Å². The molecule has 21 heavy (non-hydrogen) atoms. The van der Waals surface area contributed by atoms with Gasteiger partial charge in [0, 0.05) is 35.7 Å². The topological polar surface area (TPSA) is 64.4 Å². The van der Waals surface area contributed by atoms with Crippen LogP contribution in [-0.2, 0) is 4.74 Å². The first kappa shape index (κ1) is 14.6. The standard InChI is InChI=1S/C15H19ClN2O3/c1-15(2)13(10-4-3-7-21-14(10)15)17-9-5-6-12(18(19)20)11(16)8-9/h5-6,8,10,13-14,17H,3-4,7H2,1-2H3. The lowest BCUT2D eigenvalue weighted by molar-refractivity contribution is -0.384. The summed E-state index contributed by atoms with van der Waals surface area (Å²) in [6.07, 6.45) is 2.56. The molecule has 1 aromatic rings. The van der Waals surface area contributed by atoms with Gasteiger partial charge in [-0.25, -0.2) is 0 Å². The predicted molar refractivity (Wildman–Crippen MR) is 81.8 cm³/mol. The van der Waals surface area contributed by atoms with Gasteiger partial charge in [-0.05, 0) is 25.0 Å². The molecule has 1 N–H and O–H groups in total. The maximum atomic E-state index is 10.8. The summed E-state index contributed by atoms with van der Waals surface area (Å²) in [6.45, 7) is 5.25. The summed E-state index contributed by atoms with van der Waals surface area (Å²) >= 11 is 5.97. The molecular weight excluding hydrogens is 292 g/mol. The fourth-order valence-electron chi connectivity index (χ4n) is 3.74. The Kier molecular flexibility index (Phi) is 3.58. The maximum Gasteiger partial charge on any atom is 0.288 e. The molecule has 0 aromatic heterocycles. The van der Waals surface area contributed by atoms with E-state index in [-0.39, 0.29) is 16.1 Å². The van der Waals surface area contributed by atoms with Gasteiger partial charge in [0.25, 0.3) is 5.69 Å². The molecule has 1 aliphatic heterocycles. The first-order valence-electron chi connectivity index (χ1n) is 7.23. The fourth-order valence-corrected chi connectivity index (χ4v) is 3.99. The van der Waals surface area contributed by atoms with E-state index < -0.39 is 4.92 Å². The van der Waals surface area contributed by atoms with Crippen LogP contribution >= 0.6 is 11.6 Å². The number of anilines is 1. The zero-order valence-corrected chi connectivity index (χ0v) is 12.9. The third-order valence-electron chi connectivity index (χ3n) is 4.80. The predicted octanol–water partition coefficient (Wildman–Crippen LogP) is 3.86. The van der Waals surface area contributed by atoms with E-state index in [1.165, 1.54) is 6.07 Å². The number of nitro benzene ring substituents is 1. The molecule has 0 bridgehead atoms. The summed E-state index contributed by atoms with van der Waals surface area (Å²) in [6, 6.07) is 5.11. The highest BCUT2D eigenvalue weighted by Crippen LogP contribution is 2.52. The molecule has 1 saturated carbocycles. The van der Waals surface area contributed by atoms with Crippen molar-refractivity contribution in [1.82, 2.24) is 0 Å². The third-order valence-corrected chi connectivity index (χ3v) is 5.10. The molecule has 1 heterocycles. The number of nitro groups is 1. The Labute approximate surface area is 128 Å². The highest BCUT2D eigenvalue weighted by atomic mass is 35.5. The van der Waals surface area contributed by atoms with Crippen LogP contribution in [0, 0.1) is 21.4 Å². The van der Waals surface area contributed by atoms with Crippen molar-refractivity contribution in [3.05, 3.63) is 33.3 Å². The first-order valence-corrected chi connectivity index (χ1v) is 7.61. The quantitative estimate of drug-likeness (QED) is 0.680. The lowest BCUT2D eigenvalue weighted by Gasteiger charge is -2.60. The molecule has 0 radical (unpaired) electrons. The Morgan fingerprint density at radius 2 is 2.24 bits per heavy atom. The highest BCUT2D eigenvalue weighted by Gasteiger charge is 2.57. The number of rotatable bonds is 3. The largest absolute Gasteiger partial charge is 0.381 e. The lowest BCUT2D eigenvalue weighted by Crippen LogP contribution is -2.67. The summed E-state index contributed by atoms with van der Waals surface area (Å²) in [5.41, 5.74) is 0.820. The molecule has 1 aromatic carbocycles. The molecule has 114 valence electrons. The summed E-state index contributed by atoms with van der Waals surface area (Å²) in [5, 5.41) is 14.5. The molecule has 3 unspecified atom stereocenters. The molecule has 2 aliphatic rings. The van der Waals surface area contributed by atoms with Crippen molar-refractivity contribution >= 4 is 23.0 Å². The van der Waals surface area contributed by atoms with Crippen molar-refractivity contribution in [3.8, 4) is 0 Å². The van der Waals surface area contributed by atoms with E-state index in [4.69, 9.17) is 16.3 Å². The van der Waals surface area contributed by atoms with Gasteiger partial charge in [0.05, 0.1) is 11.0 Å². The van der Waals surface area contributed by atoms with Crippen molar-refractivity contribution in [3.63, 3.8) is 0 Å². The van der Waals surface area contributed by atoms with Crippen molar-refractivity contribution in [2.75, 3.05) is 11.9 Å². The minimum atomic E-state index is -0.468. The molecule has 2 fully saturated rings. The highest BCUT2D eigenvalue weighted by molar-refractivity contribution is 6.32. The monoisotopic (exact) mass is 310 g/mol. The van der Waals surface area contributed by atoms with E-state index in [1.54, 1.807) is 12.1 Å². The Morgan fingerprint density at radius 1 is 1.48 bits per heavy atom. The van der Waals surface area contributed by atoms with Gasteiger partial charge < -0.3 is 10.1 Å². The molecule has 5 nitrogen and oxygen atoms in total. The summed E-state index contributed by atoms with van der Waals surface area (Å²) in [5.74, 6) is 0.503. The van der Waals surface area contributed by atoms with Gasteiger partial charge in [-0.2, -0.15) is 0 Å². The van der Waals surface area contributed by atoms with Crippen LogP contribution in [0.3, 0.4) is 0 Å². The molecule has 6 heteroatoms. The van der Waals surface area contributed by atoms with Crippen molar-refractivity contribution < 1.29 is 9.66 Å². The molecule has 3 rings (SSSR count). The Hall–Kier alpha value is -1.33. The number of hydrogen-bond donors (Lipinski definition) is 1. The summed E-state index contributed by atoms with van der Waals surface area (Å²) in [4.78, 5) is 10.3. The molecule has 0 spiro atoms. The smallest absolute Gasteiger partial charge is 0.288 e. The van der Waals surface area contributed by atoms with E-state index in [1.807, 2.05) is 0 Å². The zero-order chi connectivity index (χ0) is 15.2. The van der Waals surface area contributed by atoms with Gasteiger partial charge in [0.1, 0.15) is 5.02 Å². The van der Waals surface area contributed by atoms with Gasteiger partial charge in [0.15, 0.2) is 0 Å². The Bertz CT molecular complexity index is 576. The number of halogens is 1. The normalized spacial score (nSPS) is 30.1. The molecular formula is C15H19ClN2O3. The molecule has 1 aliphatic carbocycles. The lowest BCUT2D eigenvalue weighted by atomic mass is 9.55. The van der Waals surface area contributed by atoms with Crippen molar-refractivity contribution in [1.29, 1.82) is 0 Å². The van der Waals surface area contributed by atoms with Crippen LogP contribution in [0.1, 0.15) is 26.7 Å². The van der Waals surface area contributed by atoms with E-state index in [0.29, 0.717) is 18.1 Å².